The van der Waals surface area contributed by atoms with Crippen LogP contribution in [0.15, 0.2) is 54.6 Å². The van der Waals surface area contributed by atoms with Crippen LogP contribution in [-0.2, 0) is 6.54 Å². The lowest BCUT2D eigenvalue weighted by Gasteiger charge is -2.39. The smallest absolute Gasteiger partial charge is 0.170 e. The van der Waals surface area contributed by atoms with Gasteiger partial charge in [-0.3, -0.25) is 4.90 Å². The van der Waals surface area contributed by atoms with Gasteiger partial charge in [-0.2, -0.15) is 0 Å². The van der Waals surface area contributed by atoms with Crippen molar-refractivity contribution < 1.29 is 0 Å². The Kier molecular flexibility index (Phi) is 5.23. The van der Waals surface area contributed by atoms with Crippen LogP contribution in [0.4, 0.5) is 5.69 Å². The summed E-state index contributed by atoms with van der Waals surface area (Å²) >= 11 is 5.56. The molecule has 136 valence electrons. The normalized spacial score (nSPS) is 25.0. The molecule has 0 aliphatic carbocycles. The van der Waals surface area contributed by atoms with Crippen LogP contribution < -0.4 is 10.6 Å². The van der Waals surface area contributed by atoms with Crippen molar-refractivity contribution in [3.63, 3.8) is 0 Å². The van der Waals surface area contributed by atoms with Crippen molar-refractivity contribution in [1.29, 1.82) is 0 Å². The number of hydrogen-bond acceptors (Lipinski definition) is 2. The van der Waals surface area contributed by atoms with Crippen LogP contribution in [0.2, 0.25) is 0 Å². The fourth-order valence-corrected chi connectivity index (χ4v) is 4.80. The molecule has 4 heteroatoms. The quantitative estimate of drug-likeness (QED) is 0.782. The first-order valence-electron chi connectivity index (χ1n) is 9.61. The fourth-order valence-electron chi connectivity index (χ4n) is 4.52. The van der Waals surface area contributed by atoms with E-state index in [0.717, 1.165) is 17.3 Å². The first-order valence-corrected chi connectivity index (χ1v) is 10.0. The van der Waals surface area contributed by atoms with Gasteiger partial charge >= 0.3 is 0 Å². The highest BCUT2D eigenvalue weighted by Crippen LogP contribution is 2.36. The number of fused-ring (bicyclic) bond motifs is 2. The van der Waals surface area contributed by atoms with Crippen LogP contribution in [0.3, 0.4) is 0 Å². The van der Waals surface area contributed by atoms with Gasteiger partial charge in [-0.25, -0.2) is 0 Å². The number of rotatable bonds is 4. The second-order valence-electron chi connectivity index (χ2n) is 7.68. The zero-order valence-corrected chi connectivity index (χ0v) is 16.1. The molecule has 2 fully saturated rings. The number of nitrogens with zero attached hydrogens (tertiary/aromatic N) is 1. The Balaban J connectivity index is 1.33. The van der Waals surface area contributed by atoms with Gasteiger partial charge in [0, 0.05) is 30.4 Å². The maximum absolute atomic E-state index is 5.56. The predicted octanol–water partition coefficient (Wildman–Crippen LogP) is 4.48. The Hall–Kier alpha value is -1.91. The third-order valence-electron chi connectivity index (χ3n) is 5.70. The Labute approximate surface area is 161 Å². The van der Waals surface area contributed by atoms with Crippen molar-refractivity contribution in [2.45, 2.75) is 57.3 Å². The maximum Gasteiger partial charge on any atom is 0.170 e. The van der Waals surface area contributed by atoms with E-state index in [-0.39, 0.29) is 0 Å². The number of anilines is 1. The number of thiocarbonyl (C=S) groups is 1. The fraction of sp³-hybridized carbons (Fsp3) is 0.409. The SMILES string of the molecule is Cc1cccc(NC(=S)NC2C[C@@H]3CC[C@@H](C2)N3Cc2ccccc2)c1. The van der Waals surface area contributed by atoms with Crippen molar-refractivity contribution in [1.82, 2.24) is 10.2 Å². The van der Waals surface area contributed by atoms with Gasteiger partial charge in [0.15, 0.2) is 5.11 Å². The largest absolute Gasteiger partial charge is 0.360 e. The number of benzene rings is 2. The number of hydrogen-bond donors (Lipinski definition) is 2. The lowest BCUT2D eigenvalue weighted by molar-refractivity contribution is 0.115. The minimum absolute atomic E-state index is 0.476. The van der Waals surface area contributed by atoms with Gasteiger partial charge < -0.3 is 10.6 Å². The van der Waals surface area contributed by atoms with Crippen LogP contribution in [0.1, 0.15) is 36.8 Å². The Morgan fingerprint density at radius 2 is 1.77 bits per heavy atom. The molecule has 2 bridgehead atoms. The number of aryl methyl sites for hydroxylation is 1. The van der Waals surface area contributed by atoms with E-state index in [1.165, 1.54) is 36.8 Å². The molecule has 2 saturated heterocycles. The molecule has 2 heterocycles. The summed E-state index contributed by atoms with van der Waals surface area (Å²) in [4.78, 5) is 2.71. The van der Waals surface area contributed by atoms with Crippen LogP contribution in [0, 0.1) is 6.92 Å². The van der Waals surface area contributed by atoms with Gasteiger partial charge in [-0.15, -0.1) is 0 Å². The van der Waals surface area contributed by atoms with E-state index in [9.17, 15) is 0 Å². The molecular weight excluding hydrogens is 338 g/mol. The Bertz CT molecular complexity index is 747. The summed E-state index contributed by atoms with van der Waals surface area (Å²) in [6.45, 7) is 3.18. The molecular formula is C22H27N3S. The van der Waals surface area contributed by atoms with E-state index in [0.29, 0.717) is 18.1 Å². The van der Waals surface area contributed by atoms with E-state index >= 15 is 0 Å². The first kappa shape index (κ1) is 17.5. The molecule has 0 saturated carbocycles. The van der Waals surface area contributed by atoms with Crippen molar-refractivity contribution in [3.05, 3.63) is 65.7 Å². The molecule has 0 amide bonds. The second kappa shape index (κ2) is 7.77. The molecule has 2 atom stereocenters. The highest BCUT2D eigenvalue weighted by Gasteiger charge is 2.40. The molecule has 4 rings (SSSR count). The van der Waals surface area contributed by atoms with Crippen LogP contribution in [0.25, 0.3) is 0 Å². The Morgan fingerprint density at radius 3 is 2.46 bits per heavy atom. The molecule has 0 spiro atoms. The van der Waals surface area contributed by atoms with Crippen LogP contribution in [0.5, 0.6) is 0 Å². The Morgan fingerprint density at radius 1 is 1.04 bits per heavy atom. The summed E-state index contributed by atoms with van der Waals surface area (Å²) in [5.41, 5.74) is 3.73. The van der Waals surface area contributed by atoms with Gasteiger partial charge in [-0.1, -0.05) is 42.5 Å². The average molecular weight is 366 g/mol. The highest BCUT2D eigenvalue weighted by atomic mass is 32.1. The van der Waals surface area contributed by atoms with Gasteiger partial charge in [0.2, 0.25) is 0 Å². The third kappa shape index (κ3) is 4.08. The van der Waals surface area contributed by atoms with Gasteiger partial charge in [0.25, 0.3) is 0 Å². The number of piperidine rings is 1. The van der Waals surface area contributed by atoms with E-state index in [2.05, 4.69) is 77.1 Å². The van der Waals surface area contributed by atoms with Crippen LogP contribution in [-0.4, -0.2) is 28.1 Å². The minimum atomic E-state index is 0.476. The summed E-state index contributed by atoms with van der Waals surface area (Å²) in [6, 6.07) is 21.0. The molecule has 3 nitrogen and oxygen atoms in total. The van der Waals surface area contributed by atoms with E-state index in [1.54, 1.807) is 0 Å². The summed E-state index contributed by atoms with van der Waals surface area (Å²) in [6.07, 6.45) is 4.99. The third-order valence-corrected chi connectivity index (χ3v) is 5.92. The molecule has 2 N–H and O–H groups in total. The van der Waals surface area contributed by atoms with E-state index in [4.69, 9.17) is 12.2 Å². The van der Waals surface area contributed by atoms with Crippen LogP contribution >= 0.6 is 12.2 Å². The first-order chi connectivity index (χ1) is 12.7. The van der Waals surface area contributed by atoms with Gasteiger partial charge in [0.1, 0.15) is 0 Å². The second-order valence-corrected chi connectivity index (χ2v) is 8.09. The minimum Gasteiger partial charge on any atom is -0.360 e. The molecule has 2 aromatic rings. The van der Waals surface area contributed by atoms with E-state index < -0.39 is 0 Å². The average Bonchev–Trinajstić information content (AvgIpc) is 2.85. The molecule has 2 aliphatic heterocycles. The summed E-state index contributed by atoms with van der Waals surface area (Å²) in [5.74, 6) is 0. The zero-order chi connectivity index (χ0) is 17.9. The molecule has 2 aliphatic rings. The molecule has 0 radical (unpaired) electrons. The maximum atomic E-state index is 5.56. The topological polar surface area (TPSA) is 27.3 Å². The highest BCUT2D eigenvalue weighted by molar-refractivity contribution is 7.80. The molecule has 0 unspecified atom stereocenters. The predicted molar refractivity (Wildman–Crippen MR) is 112 cm³/mol. The lowest BCUT2D eigenvalue weighted by atomic mass is 9.96. The summed E-state index contributed by atoms with van der Waals surface area (Å²) in [7, 11) is 0. The van der Waals surface area contributed by atoms with E-state index in [1.807, 2.05) is 0 Å². The zero-order valence-electron chi connectivity index (χ0n) is 15.3. The molecule has 2 aromatic carbocycles. The van der Waals surface area contributed by atoms with Crippen molar-refractivity contribution >= 4 is 23.0 Å². The van der Waals surface area contributed by atoms with Crippen molar-refractivity contribution in [3.8, 4) is 0 Å². The van der Waals surface area contributed by atoms with Gasteiger partial charge in [0.05, 0.1) is 0 Å². The standard InChI is InChI=1S/C22H27N3S/c1-16-6-5-9-18(12-16)23-22(26)24-19-13-20-10-11-21(14-19)25(20)15-17-7-3-2-4-8-17/h2-9,12,19-21H,10-11,13-15H2,1H3,(H2,23,24,26)/t20-,21-/m0/s1. The monoisotopic (exact) mass is 365 g/mol. The van der Waals surface area contributed by atoms with Crippen molar-refractivity contribution in [2.24, 2.45) is 0 Å². The lowest BCUT2D eigenvalue weighted by Crippen LogP contribution is -2.50. The molecule has 0 aromatic heterocycles. The van der Waals surface area contributed by atoms with Gasteiger partial charge in [-0.05, 0) is 68.1 Å². The van der Waals surface area contributed by atoms with Crippen molar-refractivity contribution in [2.75, 3.05) is 5.32 Å². The summed E-state index contributed by atoms with van der Waals surface area (Å²) < 4.78 is 0. The number of nitrogens with one attached hydrogen (secondary N) is 2. The molecule has 26 heavy (non-hydrogen) atoms. The summed E-state index contributed by atoms with van der Waals surface area (Å²) in [5, 5.41) is 7.65.